The van der Waals surface area contributed by atoms with Gasteiger partial charge in [0.1, 0.15) is 16.9 Å². The Morgan fingerprint density at radius 1 is 1.19 bits per heavy atom. The molecule has 0 saturated heterocycles. The van der Waals surface area contributed by atoms with E-state index in [2.05, 4.69) is 48.0 Å². The number of nitrogens with two attached hydrogens (primary N) is 1. The van der Waals surface area contributed by atoms with Gasteiger partial charge in [0, 0.05) is 10.5 Å². The minimum atomic E-state index is -0.0101. The smallest absolute Gasteiger partial charge is 0.181 e. The van der Waals surface area contributed by atoms with Crippen molar-refractivity contribution in [2.45, 2.75) is 23.2 Å². The van der Waals surface area contributed by atoms with E-state index in [1.54, 1.807) is 18.1 Å². The summed E-state index contributed by atoms with van der Waals surface area (Å²) in [4.78, 5) is 15.7. The van der Waals surface area contributed by atoms with Gasteiger partial charge in [-0.1, -0.05) is 39.8 Å². The molecule has 0 bridgehead atoms. The number of thioether (sulfide) groups is 1. The average Bonchev–Trinajstić information content (AvgIpc) is 2.95. The second-order valence-corrected chi connectivity index (χ2v) is 6.78. The normalized spacial score (nSPS) is 14.2. The number of aromatic amines is 1. The lowest BCUT2D eigenvalue weighted by molar-refractivity contribution is 0.720. The lowest BCUT2D eigenvalue weighted by atomic mass is 10.1. The minimum absolute atomic E-state index is 0.0101. The van der Waals surface area contributed by atoms with Gasteiger partial charge in [-0.2, -0.15) is 0 Å². The second-order valence-electron chi connectivity index (χ2n) is 4.73. The topological polar surface area (TPSA) is 80.5 Å². The Hall–Kier alpha value is -1.44. The van der Waals surface area contributed by atoms with Gasteiger partial charge < -0.3 is 10.7 Å². The molecular formula is C14H14BrN5S. The summed E-state index contributed by atoms with van der Waals surface area (Å²) in [6.07, 6.45) is 3.16. The van der Waals surface area contributed by atoms with Crippen molar-refractivity contribution in [1.82, 2.24) is 19.9 Å². The summed E-state index contributed by atoms with van der Waals surface area (Å²) in [6.45, 7) is 2.01. The molecule has 1 aromatic carbocycles. The Labute approximate surface area is 134 Å². The van der Waals surface area contributed by atoms with Gasteiger partial charge in [0.05, 0.1) is 11.6 Å². The number of H-pyrrole nitrogens is 1. The first-order valence-corrected chi connectivity index (χ1v) is 8.14. The molecular weight excluding hydrogens is 350 g/mol. The van der Waals surface area contributed by atoms with E-state index in [0.717, 1.165) is 15.0 Å². The summed E-state index contributed by atoms with van der Waals surface area (Å²) in [6, 6.07) is 8.20. The lowest BCUT2D eigenvalue weighted by Gasteiger charge is -2.20. The summed E-state index contributed by atoms with van der Waals surface area (Å²) >= 11 is 5.08. The van der Waals surface area contributed by atoms with Gasteiger partial charge in [0.2, 0.25) is 0 Å². The molecule has 5 nitrogen and oxygen atoms in total. The quantitative estimate of drug-likeness (QED) is 0.549. The molecule has 2 unspecified atom stereocenters. The van der Waals surface area contributed by atoms with Crippen LogP contribution in [0, 0.1) is 0 Å². The Morgan fingerprint density at radius 3 is 2.67 bits per heavy atom. The number of benzene rings is 1. The summed E-state index contributed by atoms with van der Waals surface area (Å²) in [5.41, 5.74) is 8.87. The molecule has 3 rings (SSSR count). The van der Waals surface area contributed by atoms with Crippen molar-refractivity contribution in [2.75, 3.05) is 0 Å². The SMILES string of the molecule is CC(N)C(Sc1ncnc2nc[nH]c12)c1ccc(Br)cc1. The van der Waals surface area contributed by atoms with E-state index in [0.29, 0.717) is 5.65 Å². The zero-order valence-electron chi connectivity index (χ0n) is 11.3. The van der Waals surface area contributed by atoms with E-state index in [1.807, 2.05) is 19.1 Å². The lowest BCUT2D eigenvalue weighted by Crippen LogP contribution is -2.22. The maximum atomic E-state index is 6.17. The van der Waals surface area contributed by atoms with Gasteiger partial charge in [0.15, 0.2) is 5.65 Å². The van der Waals surface area contributed by atoms with Crippen LogP contribution in [-0.4, -0.2) is 26.0 Å². The zero-order valence-corrected chi connectivity index (χ0v) is 13.7. The van der Waals surface area contributed by atoms with Gasteiger partial charge in [0.25, 0.3) is 0 Å². The first-order chi connectivity index (χ1) is 10.1. The number of hydrogen-bond acceptors (Lipinski definition) is 5. The van der Waals surface area contributed by atoms with Crippen LogP contribution in [0.2, 0.25) is 0 Å². The molecule has 108 valence electrons. The fourth-order valence-electron chi connectivity index (χ4n) is 2.08. The van der Waals surface area contributed by atoms with Gasteiger partial charge in [-0.15, -0.1) is 0 Å². The summed E-state index contributed by atoms with van der Waals surface area (Å²) in [5, 5.41) is 0.974. The third-order valence-corrected chi connectivity index (χ3v) is 5.12. The van der Waals surface area contributed by atoms with Gasteiger partial charge in [-0.3, -0.25) is 0 Å². The van der Waals surface area contributed by atoms with E-state index < -0.39 is 0 Å². The predicted molar refractivity (Wildman–Crippen MR) is 88.1 cm³/mol. The summed E-state index contributed by atoms with van der Waals surface area (Å²) in [7, 11) is 0. The van der Waals surface area contributed by atoms with Crippen LogP contribution in [0.15, 0.2) is 46.4 Å². The molecule has 2 heterocycles. The molecule has 0 saturated carbocycles. The molecule has 3 aromatic rings. The monoisotopic (exact) mass is 363 g/mol. The first kappa shape index (κ1) is 14.5. The van der Waals surface area contributed by atoms with Gasteiger partial charge in [-0.25, -0.2) is 15.0 Å². The van der Waals surface area contributed by atoms with Crippen LogP contribution in [0.4, 0.5) is 0 Å². The second kappa shape index (κ2) is 6.13. The maximum Gasteiger partial charge on any atom is 0.181 e. The highest BCUT2D eigenvalue weighted by atomic mass is 79.9. The Kier molecular flexibility index (Phi) is 4.23. The van der Waals surface area contributed by atoms with Crippen molar-refractivity contribution >= 4 is 38.9 Å². The molecule has 0 aliphatic carbocycles. The molecule has 0 spiro atoms. The van der Waals surface area contributed by atoms with Crippen molar-refractivity contribution in [3.05, 3.63) is 47.0 Å². The van der Waals surface area contributed by atoms with E-state index in [-0.39, 0.29) is 11.3 Å². The van der Waals surface area contributed by atoms with E-state index in [4.69, 9.17) is 5.73 Å². The molecule has 2 aromatic heterocycles. The average molecular weight is 364 g/mol. The number of aromatic nitrogens is 4. The van der Waals surface area contributed by atoms with E-state index >= 15 is 0 Å². The van der Waals surface area contributed by atoms with Crippen molar-refractivity contribution in [3.63, 3.8) is 0 Å². The Balaban J connectivity index is 1.95. The molecule has 0 radical (unpaired) electrons. The number of hydrogen-bond donors (Lipinski definition) is 2. The van der Waals surface area contributed by atoms with Gasteiger partial charge in [-0.05, 0) is 24.6 Å². The number of fused-ring (bicyclic) bond motifs is 1. The highest BCUT2D eigenvalue weighted by Crippen LogP contribution is 2.38. The summed E-state index contributed by atoms with van der Waals surface area (Å²) in [5.74, 6) is 0. The molecule has 3 N–H and O–H groups in total. The van der Waals surface area contributed by atoms with Crippen LogP contribution >= 0.6 is 27.7 Å². The molecule has 0 fully saturated rings. The first-order valence-electron chi connectivity index (χ1n) is 6.47. The number of nitrogens with one attached hydrogen (secondary N) is 1. The standard InChI is InChI=1S/C14H14BrN5S/c1-8(16)12(9-2-4-10(15)5-3-9)21-14-11-13(18-6-17-11)19-7-20-14/h2-8,12H,16H2,1H3,(H,17,18,19,20). The molecule has 7 heteroatoms. The van der Waals surface area contributed by atoms with Gasteiger partial charge >= 0.3 is 0 Å². The highest BCUT2D eigenvalue weighted by Gasteiger charge is 2.20. The molecule has 0 amide bonds. The molecule has 0 aliphatic heterocycles. The Bertz CT molecular complexity index is 740. The number of imidazole rings is 1. The minimum Gasteiger partial charge on any atom is -0.341 e. The number of rotatable bonds is 4. The Morgan fingerprint density at radius 2 is 1.95 bits per heavy atom. The predicted octanol–water partition coefficient (Wildman–Crippen LogP) is 3.30. The zero-order chi connectivity index (χ0) is 14.8. The number of nitrogens with zero attached hydrogens (tertiary/aromatic N) is 3. The fraction of sp³-hybridized carbons (Fsp3) is 0.214. The van der Waals surface area contributed by atoms with Crippen LogP contribution in [0.3, 0.4) is 0 Å². The number of halogens is 1. The van der Waals surface area contributed by atoms with Crippen LogP contribution in [0.5, 0.6) is 0 Å². The van der Waals surface area contributed by atoms with Crippen molar-refractivity contribution in [3.8, 4) is 0 Å². The third-order valence-electron chi connectivity index (χ3n) is 3.10. The van der Waals surface area contributed by atoms with Crippen molar-refractivity contribution in [1.29, 1.82) is 0 Å². The molecule has 21 heavy (non-hydrogen) atoms. The van der Waals surface area contributed by atoms with Crippen LogP contribution in [-0.2, 0) is 0 Å². The van der Waals surface area contributed by atoms with Crippen LogP contribution in [0.25, 0.3) is 11.2 Å². The largest absolute Gasteiger partial charge is 0.341 e. The molecule has 0 aliphatic rings. The summed E-state index contributed by atoms with van der Waals surface area (Å²) < 4.78 is 1.05. The fourth-order valence-corrected chi connectivity index (χ4v) is 3.47. The van der Waals surface area contributed by atoms with Crippen LogP contribution < -0.4 is 5.73 Å². The van der Waals surface area contributed by atoms with Crippen molar-refractivity contribution in [2.24, 2.45) is 5.73 Å². The van der Waals surface area contributed by atoms with E-state index in [1.165, 1.54) is 11.9 Å². The maximum absolute atomic E-state index is 6.17. The third kappa shape index (κ3) is 3.09. The van der Waals surface area contributed by atoms with E-state index in [9.17, 15) is 0 Å². The highest BCUT2D eigenvalue weighted by molar-refractivity contribution is 9.10. The molecule has 2 atom stereocenters. The van der Waals surface area contributed by atoms with Crippen LogP contribution in [0.1, 0.15) is 17.7 Å². The van der Waals surface area contributed by atoms with Crippen molar-refractivity contribution < 1.29 is 0 Å².